The van der Waals surface area contributed by atoms with Crippen molar-refractivity contribution < 1.29 is 9.21 Å². The van der Waals surface area contributed by atoms with Gasteiger partial charge in [0.05, 0.1) is 12.8 Å². The number of nitrogens with two attached hydrogens (primary N) is 1. The second kappa shape index (κ2) is 4.74. The van der Waals surface area contributed by atoms with Gasteiger partial charge in [-0.25, -0.2) is 0 Å². The van der Waals surface area contributed by atoms with Crippen molar-refractivity contribution in [1.82, 2.24) is 0 Å². The van der Waals surface area contributed by atoms with Crippen molar-refractivity contribution >= 4 is 11.6 Å². The molecule has 2 rings (SSSR count). The van der Waals surface area contributed by atoms with Gasteiger partial charge in [-0.3, -0.25) is 4.79 Å². The van der Waals surface area contributed by atoms with Gasteiger partial charge in [-0.15, -0.1) is 0 Å². The third-order valence-corrected chi connectivity index (χ3v) is 2.57. The fourth-order valence-corrected chi connectivity index (χ4v) is 1.55. The highest BCUT2D eigenvalue weighted by Gasteiger charge is 2.03. The normalized spacial score (nSPS) is 10.2. The van der Waals surface area contributed by atoms with E-state index >= 15 is 0 Å². The maximum absolute atomic E-state index is 11.0. The molecule has 0 atom stereocenters. The second-order valence-corrected chi connectivity index (χ2v) is 3.83. The molecule has 0 saturated carbocycles. The molecule has 0 aliphatic rings. The quantitative estimate of drug-likeness (QED) is 0.846. The molecule has 0 radical (unpaired) electrons. The van der Waals surface area contributed by atoms with E-state index < -0.39 is 5.91 Å². The first-order valence-corrected chi connectivity index (χ1v) is 5.33. The van der Waals surface area contributed by atoms with Crippen molar-refractivity contribution in [3.63, 3.8) is 0 Å². The number of furan rings is 1. The van der Waals surface area contributed by atoms with Crippen LogP contribution in [0.5, 0.6) is 0 Å². The summed E-state index contributed by atoms with van der Waals surface area (Å²) in [6, 6.07) is 8.99. The summed E-state index contributed by atoms with van der Waals surface area (Å²) in [6.45, 7) is 2.57. The van der Waals surface area contributed by atoms with Crippen LogP contribution in [0.2, 0.25) is 0 Å². The van der Waals surface area contributed by atoms with E-state index in [9.17, 15) is 4.79 Å². The van der Waals surface area contributed by atoms with Gasteiger partial charge in [0.15, 0.2) is 0 Å². The van der Waals surface area contributed by atoms with Gasteiger partial charge >= 0.3 is 0 Å². The molecule has 3 N–H and O–H groups in total. The van der Waals surface area contributed by atoms with Crippen molar-refractivity contribution in [3.8, 4) is 0 Å². The zero-order valence-electron chi connectivity index (χ0n) is 9.57. The first-order chi connectivity index (χ1) is 8.16. The smallest absolute Gasteiger partial charge is 0.248 e. The molecule has 0 aliphatic carbocycles. The molecule has 0 fully saturated rings. The number of anilines is 1. The number of aryl methyl sites for hydroxylation is 1. The van der Waals surface area contributed by atoms with Crippen LogP contribution in [0.4, 0.5) is 5.69 Å². The number of nitrogens with one attached hydrogen (secondary N) is 1. The standard InChI is InChI=1S/C13H14N2O2/c1-9-5-6-17-12(9)8-15-11-4-2-3-10(7-11)13(14)16/h2-7,15H,8H2,1H3,(H2,14,16). The maximum Gasteiger partial charge on any atom is 0.248 e. The van der Waals surface area contributed by atoms with Crippen molar-refractivity contribution in [1.29, 1.82) is 0 Å². The average Bonchev–Trinajstić information content (AvgIpc) is 2.72. The van der Waals surface area contributed by atoms with E-state index in [0.29, 0.717) is 12.1 Å². The van der Waals surface area contributed by atoms with Crippen LogP contribution in [0, 0.1) is 6.92 Å². The van der Waals surface area contributed by atoms with Crippen LogP contribution in [0.25, 0.3) is 0 Å². The van der Waals surface area contributed by atoms with Gasteiger partial charge in [0.2, 0.25) is 5.91 Å². The van der Waals surface area contributed by atoms with Gasteiger partial charge in [0, 0.05) is 11.3 Å². The molecule has 1 aromatic carbocycles. The van der Waals surface area contributed by atoms with E-state index in [1.54, 1.807) is 24.5 Å². The molecule has 4 nitrogen and oxygen atoms in total. The van der Waals surface area contributed by atoms with Gasteiger partial charge in [0.1, 0.15) is 5.76 Å². The zero-order valence-corrected chi connectivity index (χ0v) is 9.57. The largest absolute Gasteiger partial charge is 0.467 e. The summed E-state index contributed by atoms with van der Waals surface area (Å²) in [5.74, 6) is 0.456. The molecule has 1 aromatic heterocycles. The lowest BCUT2D eigenvalue weighted by Gasteiger charge is -2.06. The van der Waals surface area contributed by atoms with Crippen LogP contribution >= 0.6 is 0 Å². The van der Waals surface area contributed by atoms with Crippen molar-refractivity contribution in [2.24, 2.45) is 5.73 Å². The lowest BCUT2D eigenvalue weighted by molar-refractivity contribution is 0.100. The number of hydrogen-bond acceptors (Lipinski definition) is 3. The Kier molecular flexibility index (Phi) is 3.14. The summed E-state index contributed by atoms with van der Waals surface area (Å²) in [5, 5.41) is 3.18. The lowest BCUT2D eigenvalue weighted by atomic mass is 10.2. The van der Waals surface area contributed by atoms with E-state index in [2.05, 4.69) is 5.32 Å². The van der Waals surface area contributed by atoms with Crippen molar-refractivity contribution in [2.45, 2.75) is 13.5 Å². The Balaban J connectivity index is 2.07. The number of carbonyl (C=O) groups excluding carboxylic acids is 1. The summed E-state index contributed by atoms with van der Waals surface area (Å²) in [4.78, 5) is 11.0. The van der Waals surface area contributed by atoms with Gasteiger partial charge in [-0.1, -0.05) is 6.07 Å². The summed E-state index contributed by atoms with van der Waals surface area (Å²) < 4.78 is 5.31. The number of primary amides is 1. The predicted molar refractivity (Wildman–Crippen MR) is 65.7 cm³/mol. The summed E-state index contributed by atoms with van der Waals surface area (Å²) in [7, 11) is 0. The highest BCUT2D eigenvalue weighted by atomic mass is 16.3. The van der Waals surface area contributed by atoms with Crippen LogP contribution < -0.4 is 11.1 Å². The number of hydrogen-bond donors (Lipinski definition) is 2. The van der Waals surface area contributed by atoms with E-state index in [1.807, 2.05) is 19.1 Å². The molecule has 0 bridgehead atoms. The summed E-state index contributed by atoms with van der Waals surface area (Å²) in [5.41, 5.74) is 7.65. The molecule has 17 heavy (non-hydrogen) atoms. The van der Waals surface area contributed by atoms with Gasteiger partial charge in [-0.05, 0) is 36.8 Å². The van der Waals surface area contributed by atoms with Crippen LogP contribution in [0.15, 0.2) is 41.0 Å². The van der Waals surface area contributed by atoms with E-state index in [0.717, 1.165) is 17.0 Å². The lowest BCUT2D eigenvalue weighted by Crippen LogP contribution is -2.11. The van der Waals surface area contributed by atoms with Crippen LogP contribution in [-0.4, -0.2) is 5.91 Å². The van der Waals surface area contributed by atoms with E-state index in [1.165, 1.54) is 0 Å². The fraction of sp³-hybridized carbons (Fsp3) is 0.154. The third kappa shape index (κ3) is 2.66. The second-order valence-electron chi connectivity index (χ2n) is 3.83. The topological polar surface area (TPSA) is 68.3 Å². The molecule has 2 aromatic rings. The number of rotatable bonds is 4. The Hall–Kier alpha value is -2.23. The maximum atomic E-state index is 11.0. The predicted octanol–water partition coefficient (Wildman–Crippen LogP) is 2.30. The van der Waals surface area contributed by atoms with Crippen LogP contribution in [-0.2, 0) is 6.54 Å². The van der Waals surface area contributed by atoms with Crippen molar-refractivity contribution in [2.75, 3.05) is 5.32 Å². The molecule has 0 aliphatic heterocycles. The van der Waals surface area contributed by atoms with Gasteiger partial charge < -0.3 is 15.5 Å². The Morgan fingerprint density at radius 3 is 2.88 bits per heavy atom. The Labute approximate surface area is 99.4 Å². The zero-order chi connectivity index (χ0) is 12.3. The number of amides is 1. The first-order valence-electron chi connectivity index (χ1n) is 5.33. The van der Waals surface area contributed by atoms with Gasteiger partial charge in [-0.2, -0.15) is 0 Å². The minimum Gasteiger partial charge on any atom is -0.467 e. The highest BCUT2D eigenvalue weighted by Crippen LogP contribution is 2.14. The molecule has 4 heteroatoms. The Morgan fingerprint density at radius 2 is 2.24 bits per heavy atom. The van der Waals surface area contributed by atoms with Crippen molar-refractivity contribution in [3.05, 3.63) is 53.5 Å². The SMILES string of the molecule is Cc1ccoc1CNc1cccc(C(N)=O)c1. The first kappa shape index (κ1) is 11.3. The monoisotopic (exact) mass is 230 g/mol. The summed E-state index contributed by atoms with van der Waals surface area (Å²) >= 11 is 0. The molecule has 1 heterocycles. The number of benzene rings is 1. The van der Waals surface area contributed by atoms with Gasteiger partial charge in [0.25, 0.3) is 0 Å². The Morgan fingerprint density at radius 1 is 1.41 bits per heavy atom. The van der Waals surface area contributed by atoms with E-state index in [-0.39, 0.29) is 0 Å². The molecular weight excluding hydrogens is 216 g/mol. The fourth-order valence-electron chi connectivity index (χ4n) is 1.55. The molecule has 88 valence electrons. The molecule has 0 spiro atoms. The highest BCUT2D eigenvalue weighted by molar-refractivity contribution is 5.93. The Bertz CT molecular complexity index is 532. The van der Waals surface area contributed by atoms with Crippen LogP contribution in [0.1, 0.15) is 21.7 Å². The minimum absolute atomic E-state index is 0.428. The third-order valence-electron chi connectivity index (χ3n) is 2.57. The minimum atomic E-state index is -0.428. The molecule has 0 saturated heterocycles. The summed E-state index contributed by atoms with van der Waals surface area (Å²) in [6.07, 6.45) is 1.66. The molecular formula is C13H14N2O2. The molecule has 1 amide bonds. The molecule has 0 unspecified atom stereocenters. The average molecular weight is 230 g/mol. The van der Waals surface area contributed by atoms with E-state index in [4.69, 9.17) is 10.2 Å². The number of carbonyl (C=O) groups is 1. The van der Waals surface area contributed by atoms with Crippen LogP contribution in [0.3, 0.4) is 0 Å².